The van der Waals surface area contributed by atoms with Crippen LogP contribution in [0.5, 0.6) is 0 Å². The number of aryl methyl sites for hydroxylation is 1. The molecule has 2 aromatic rings. The van der Waals surface area contributed by atoms with Crippen LogP contribution in [0.3, 0.4) is 0 Å². The van der Waals surface area contributed by atoms with Crippen molar-refractivity contribution in [1.29, 1.82) is 0 Å². The van der Waals surface area contributed by atoms with Crippen LogP contribution in [0.15, 0.2) is 29.1 Å². The van der Waals surface area contributed by atoms with Gasteiger partial charge in [-0.3, -0.25) is 19.5 Å². The van der Waals surface area contributed by atoms with E-state index in [1.807, 2.05) is 0 Å². The summed E-state index contributed by atoms with van der Waals surface area (Å²) in [5, 5.41) is 5.37. The van der Waals surface area contributed by atoms with E-state index in [4.69, 9.17) is 0 Å². The normalized spacial score (nSPS) is 22.7. The summed E-state index contributed by atoms with van der Waals surface area (Å²) in [5.74, 6) is -0.919. The molecule has 2 unspecified atom stereocenters. The van der Waals surface area contributed by atoms with Crippen molar-refractivity contribution in [3.63, 3.8) is 0 Å². The van der Waals surface area contributed by atoms with Crippen LogP contribution in [-0.2, 0) is 9.59 Å². The standard InChI is InChI=1S/C19H21FN4O3/c1-11-2-3-14(7-15(11)20)24-10-13(6-18(24)26)19(27)23-5-4-12(9-23)16-8-17(25)22-21-16/h2-3,7-8,12-13H,4-6,9-10H2,1H3,(H2,21,22,25). The molecule has 27 heavy (non-hydrogen) atoms. The molecule has 2 amide bonds. The zero-order chi connectivity index (χ0) is 19.1. The minimum atomic E-state index is -0.425. The number of amides is 2. The summed E-state index contributed by atoms with van der Waals surface area (Å²) in [5.41, 5.74) is 1.62. The Morgan fingerprint density at radius 1 is 1.19 bits per heavy atom. The minimum Gasteiger partial charge on any atom is -0.342 e. The highest BCUT2D eigenvalue weighted by Crippen LogP contribution is 2.31. The van der Waals surface area contributed by atoms with E-state index < -0.39 is 5.92 Å². The number of benzene rings is 1. The molecule has 3 heterocycles. The summed E-state index contributed by atoms with van der Waals surface area (Å²) in [7, 11) is 0. The lowest BCUT2D eigenvalue weighted by Gasteiger charge is -2.21. The van der Waals surface area contributed by atoms with Gasteiger partial charge in [-0.15, -0.1) is 0 Å². The first-order valence-corrected chi connectivity index (χ1v) is 9.05. The van der Waals surface area contributed by atoms with Gasteiger partial charge >= 0.3 is 0 Å². The molecule has 2 fully saturated rings. The van der Waals surface area contributed by atoms with E-state index in [0.717, 1.165) is 12.1 Å². The van der Waals surface area contributed by atoms with Gasteiger partial charge in [0.15, 0.2) is 0 Å². The molecular weight excluding hydrogens is 351 g/mol. The molecule has 142 valence electrons. The Balaban J connectivity index is 1.43. The third-order valence-corrected chi connectivity index (χ3v) is 5.50. The average Bonchev–Trinajstić information content (AvgIpc) is 3.36. The number of rotatable bonds is 3. The molecule has 2 aliphatic heterocycles. The van der Waals surface area contributed by atoms with Crippen LogP contribution in [0, 0.1) is 18.7 Å². The highest BCUT2D eigenvalue weighted by molar-refractivity contribution is 6.00. The van der Waals surface area contributed by atoms with E-state index in [9.17, 15) is 18.8 Å². The number of likely N-dealkylation sites (tertiary alicyclic amines) is 1. The van der Waals surface area contributed by atoms with Crippen LogP contribution in [0.4, 0.5) is 10.1 Å². The first-order chi connectivity index (χ1) is 12.9. The summed E-state index contributed by atoms with van der Waals surface area (Å²) >= 11 is 0. The molecule has 8 heteroatoms. The Kier molecular flexibility index (Phi) is 4.33. The lowest BCUT2D eigenvalue weighted by molar-refractivity contribution is -0.134. The van der Waals surface area contributed by atoms with Gasteiger partial charge in [0.05, 0.1) is 5.92 Å². The van der Waals surface area contributed by atoms with Crippen LogP contribution in [0.25, 0.3) is 0 Å². The number of carbonyl (C=O) groups excluding carboxylic acids is 2. The first-order valence-electron chi connectivity index (χ1n) is 9.05. The Labute approximate surface area is 155 Å². The Bertz CT molecular complexity index is 950. The van der Waals surface area contributed by atoms with Crippen molar-refractivity contribution in [3.8, 4) is 0 Å². The fraction of sp³-hybridized carbons (Fsp3) is 0.421. The smallest absolute Gasteiger partial charge is 0.264 e. The maximum atomic E-state index is 13.8. The van der Waals surface area contributed by atoms with Crippen LogP contribution in [-0.4, -0.2) is 46.5 Å². The number of nitrogens with one attached hydrogen (secondary N) is 2. The number of nitrogens with zero attached hydrogens (tertiary/aromatic N) is 2. The van der Waals surface area contributed by atoms with Gasteiger partial charge in [-0.2, -0.15) is 0 Å². The molecule has 0 spiro atoms. The number of hydrogen-bond acceptors (Lipinski definition) is 3. The van der Waals surface area contributed by atoms with Gasteiger partial charge in [-0.25, -0.2) is 4.39 Å². The summed E-state index contributed by atoms with van der Waals surface area (Å²) in [4.78, 5) is 39.8. The maximum absolute atomic E-state index is 13.8. The fourth-order valence-corrected chi connectivity index (χ4v) is 3.91. The molecule has 7 nitrogen and oxygen atoms in total. The molecule has 0 saturated carbocycles. The molecule has 0 aliphatic carbocycles. The number of halogens is 1. The van der Waals surface area contributed by atoms with E-state index >= 15 is 0 Å². The minimum absolute atomic E-state index is 0.0567. The van der Waals surface area contributed by atoms with Crippen molar-refractivity contribution in [2.45, 2.75) is 25.7 Å². The van der Waals surface area contributed by atoms with Crippen molar-refractivity contribution in [3.05, 3.63) is 51.7 Å². The average molecular weight is 372 g/mol. The summed E-state index contributed by atoms with van der Waals surface area (Å²) < 4.78 is 13.8. The van der Waals surface area contributed by atoms with Crippen LogP contribution in [0.2, 0.25) is 0 Å². The molecule has 4 rings (SSSR count). The van der Waals surface area contributed by atoms with Gasteiger partial charge in [0, 0.05) is 49.4 Å². The molecule has 1 aromatic heterocycles. The SMILES string of the molecule is Cc1ccc(N2CC(C(=O)N3CCC(c4cc(=O)[nH][nH]4)C3)CC2=O)cc1F. The van der Waals surface area contributed by atoms with E-state index in [1.54, 1.807) is 24.0 Å². The molecule has 2 atom stereocenters. The molecule has 1 aromatic carbocycles. The zero-order valence-electron chi connectivity index (χ0n) is 15.0. The van der Waals surface area contributed by atoms with Crippen LogP contribution >= 0.6 is 0 Å². The van der Waals surface area contributed by atoms with Gasteiger partial charge in [-0.1, -0.05) is 6.07 Å². The van der Waals surface area contributed by atoms with E-state index in [1.165, 1.54) is 17.0 Å². The fourth-order valence-electron chi connectivity index (χ4n) is 3.91. The topological polar surface area (TPSA) is 89.3 Å². The monoisotopic (exact) mass is 372 g/mol. The third-order valence-electron chi connectivity index (χ3n) is 5.50. The van der Waals surface area contributed by atoms with E-state index in [2.05, 4.69) is 10.2 Å². The van der Waals surface area contributed by atoms with Gasteiger partial charge in [0.1, 0.15) is 5.82 Å². The van der Waals surface area contributed by atoms with Crippen LogP contribution < -0.4 is 10.5 Å². The van der Waals surface area contributed by atoms with Gasteiger partial charge in [0.2, 0.25) is 11.8 Å². The van der Waals surface area contributed by atoms with Crippen molar-refractivity contribution in [2.24, 2.45) is 5.92 Å². The number of aromatic amines is 2. The highest BCUT2D eigenvalue weighted by Gasteiger charge is 2.39. The number of anilines is 1. The predicted octanol–water partition coefficient (Wildman–Crippen LogP) is 1.52. The lowest BCUT2D eigenvalue weighted by atomic mass is 10.1. The molecule has 2 N–H and O–H groups in total. The number of carbonyl (C=O) groups is 2. The quantitative estimate of drug-likeness (QED) is 0.856. The molecular formula is C19H21FN4O3. The summed E-state index contributed by atoms with van der Waals surface area (Å²) in [6.07, 6.45) is 0.906. The number of hydrogen-bond donors (Lipinski definition) is 2. The largest absolute Gasteiger partial charge is 0.342 e. The molecule has 0 radical (unpaired) electrons. The van der Waals surface area contributed by atoms with Crippen LogP contribution in [0.1, 0.15) is 30.0 Å². The summed E-state index contributed by atoms with van der Waals surface area (Å²) in [6.45, 7) is 3.05. The van der Waals surface area contributed by atoms with Crippen molar-refractivity contribution >= 4 is 17.5 Å². The van der Waals surface area contributed by atoms with Gasteiger partial charge in [-0.05, 0) is 31.0 Å². The molecule has 0 bridgehead atoms. The molecule has 2 saturated heterocycles. The second-order valence-corrected chi connectivity index (χ2v) is 7.32. The number of H-pyrrole nitrogens is 2. The van der Waals surface area contributed by atoms with E-state index in [0.29, 0.717) is 24.3 Å². The Morgan fingerprint density at radius 2 is 2.00 bits per heavy atom. The van der Waals surface area contributed by atoms with Crippen molar-refractivity contribution in [1.82, 2.24) is 15.1 Å². The van der Waals surface area contributed by atoms with Crippen molar-refractivity contribution in [2.75, 3.05) is 24.5 Å². The third kappa shape index (κ3) is 3.27. The Morgan fingerprint density at radius 3 is 2.70 bits per heavy atom. The highest BCUT2D eigenvalue weighted by atomic mass is 19.1. The molecule has 2 aliphatic rings. The maximum Gasteiger partial charge on any atom is 0.264 e. The number of aromatic nitrogens is 2. The Hall–Kier alpha value is -2.90. The lowest BCUT2D eigenvalue weighted by Crippen LogP contribution is -2.35. The van der Waals surface area contributed by atoms with Gasteiger partial charge < -0.3 is 14.9 Å². The second-order valence-electron chi connectivity index (χ2n) is 7.32. The zero-order valence-corrected chi connectivity index (χ0v) is 15.0. The van der Waals surface area contributed by atoms with E-state index in [-0.39, 0.29) is 42.1 Å². The predicted molar refractivity (Wildman–Crippen MR) is 96.9 cm³/mol. The summed E-state index contributed by atoms with van der Waals surface area (Å²) in [6, 6.07) is 6.20. The second kappa shape index (κ2) is 6.68. The van der Waals surface area contributed by atoms with Gasteiger partial charge in [0.25, 0.3) is 5.56 Å². The first kappa shape index (κ1) is 17.5. The van der Waals surface area contributed by atoms with Crippen molar-refractivity contribution < 1.29 is 14.0 Å².